The smallest absolute Gasteiger partial charge is 0.320 e. The van der Waals surface area contributed by atoms with E-state index >= 15 is 0 Å². The molecule has 0 spiro atoms. The summed E-state index contributed by atoms with van der Waals surface area (Å²) in [5.74, 6) is -1.00. The van der Waals surface area contributed by atoms with Gasteiger partial charge in [0, 0.05) is 18.3 Å². The summed E-state index contributed by atoms with van der Waals surface area (Å²) in [6, 6.07) is -0.851. The Labute approximate surface area is 163 Å². The van der Waals surface area contributed by atoms with Crippen LogP contribution in [0.5, 0.6) is 0 Å². The summed E-state index contributed by atoms with van der Waals surface area (Å²) in [5, 5.41) is 5.80. The van der Waals surface area contributed by atoms with E-state index in [1.54, 1.807) is 6.20 Å². The first kappa shape index (κ1) is 21.4. The molecular formula is C12H15Cl6N3O2. The SMILES string of the molecule is Cl[C@H]1[C@H](Cl)[C@@H](Cl)[C@@H](Cl)[C@H](Cl)[C@H]1Cl.N[C@@H](Cc1cnc[nH]1)C(=O)O. The topological polar surface area (TPSA) is 92.0 Å². The van der Waals surface area contributed by atoms with E-state index in [-0.39, 0.29) is 6.42 Å². The molecule has 1 atom stereocenters. The molecule has 0 radical (unpaired) electrons. The lowest BCUT2D eigenvalue weighted by atomic mass is 9.97. The highest BCUT2D eigenvalue weighted by Crippen LogP contribution is 2.39. The summed E-state index contributed by atoms with van der Waals surface area (Å²) < 4.78 is 0. The number of hydrogen-bond donors (Lipinski definition) is 3. The van der Waals surface area contributed by atoms with E-state index in [1.807, 2.05) is 0 Å². The fourth-order valence-corrected chi connectivity index (χ4v) is 4.10. The third-order valence-electron chi connectivity index (χ3n) is 3.14. The van der Waals surface area contributed by atoms with Crippen LogP contribution < -0.4 is 5.73 Å². The molecule has 2 rings (SSSR count). The van der Waals surface area contributed by atoms with E-state index in [2.05, 4.69) is 9.97 Å². The molecule has 5 nitrogen and oxygen atoms in total. The Morgan fingerprint density at radius 2 is 1.48 bits per heavy atom. The Morgan fingerprint density at radius 1 is 1.09 bits per heavy atom. The number of aromatic nitrogens is 2. The third-order valence-corrected chi connectivity index (χ3v) is 7.17. The van der Waals surface area contributed by atoms with Gasteiger partial charge in [-0.3, -0.25) is 4.79 Å². The maximum atomic E-state index is 10.3. The van der Waals surface area contributed by atoms with Gasteiger partial charge in [0.2, 0.25) is 0 Å². The van der Waals surface area contributed by atoms with Crippen LogP contribution in [0.25, 0.3) is 0 Å². The van der Waals surface area contributed by atoms with Crippen LogP contribution in [0.2, 0.25) is 0 Å². The van der Waals surface area contributed by atoms with Crippen molar-refractivity contribution in [2.45, 2.75) is 44.7 Å². The zero-order valence-electron chi connectivity index (χ0n) is 11.6. The molecule has 0 amide bonds. The number of nitrogens with two attached hydrogens (primary N) is 1. The largest absolute Gasteiger partial charge is 0.480 e. The van der Waals surface area contributed by atoms with Crippen molar-refractivity contribution in [2.24, 2.45) is 5.73 Å². The van der Waals surface area contributed by atoms with Crippen molar-refractivity contribution in [1.29, 1.82) is 0 Å². The van der Waals surface area contributed by atoms with Gasteiger partial charge in [-0.25, -0.2) is 4.98 Å². The first-order valence-electron chi connectivity index (χ1n) is 6.46. The molecule has 1 fully saturated rings. The van der Waals surface area contributed by atoms with Gasteiger partial charge in [0.25, 0.3) is 0 Å². The van der Waals surface area contributed by atoms with E-state index in [0.717, 1.165) is 5.69 Å². The molecule has 0 bridgehead atoms. The molecule has 1 aliphatic rings. The van der Waals surface area contributed by atoms with Crippen molar-refractivity contribution in [3.63, 3.8) is 0 Å². The molecule has 1 aromatic rings. The minimum atomic E-state index is -1.00. The monoisotopic (exact) mass is 443 g/mol. The van der Waals surface area contributed by atoms with Gasteiger partial charge in [0.05, 0.1) is 38.6 Å². The quantitative estimate of drug-likeness (QED) is 0.623. The molecule has 0 unspecified atom stereocenters. The van der Waals surface area contributed by atoms with Gasteiger partial charge in [-0.05, 0) is 0 Å². The summed E-state index contributed by atoms with van der Waals surface area (Å²) >= 11 is 35.3. The lowest BCUT2D eigenvalue weighted by Crippen LogP contribution is -2.52. The fourth-order valence-electron chi connectivity index (χ4n) is 1.77. The van der Waals surface area contributed by atoms with Gasteiger partial charge in [-0.2, -0.15) is 0 Å². The van der Waals surface area contributed by atoms with Crippen molar-refractivity contribution in [1.82, 2.24) is 9.97 Å². The summed E-state index contributed by atoms with van der Waals surface area (Å²) in [5.41, 5.74) is 6.00. The first-order chi connectivity index (χ1) is 10.7. The number of carbonyl (C=O) groups is 1. The number of alkyl halides is 6. The Bertz CT molecular complexity index is 433. The number of nitrogens with zero attached hydrogens (tertiary/aromatic N) is 1. The van der Waals surface area contributed by atoms with Gasteiger partial charge >= 0.3 is 5.97 Å². The minimum absolute atomic E-state index is 0.287. The van der Waals surface area contributed by atoms with Crippen molar-refractivity contribution >= 4 is 75.6 Å². The van der Waals surface area contributed by atoms with Crippen LogP contribution in [-0.2, 0) is 11.2 Å². The van der Waals surface area contributed by atoms with Crippen molar-refractivity contribution < 1.29 is 9.90 Å². The molecule has 1 aromatic heterocycles. The van der Waals surface area contributed by atoms with Crippen molar-refractivity contribution in [2.75, 3.05) is 0 Å². The number of aliphatic carboxylic acids is 1. The summed E-state index contributed by atoms with van der Waals surface area (Å²) in [4.78, 5) is 16.8. The molecule has 0 saturated heterocycles. The van der Waals surface area contributed by atoms with Crippen LogP contribution in [-0.4, -0.2) is 59.3 Å². The van der Waals surface area contributed by atoms with Crippen LogP contribution in [0, 0.1) is 0 Å². The molecule has 4 N–H and O–H groups in total. The number of nitrogens with one attached hydrogen (secondary N) is 1. The lowest BCUT2D eigenvalue weighted by Gasteiger charge is -2.37. The number of H-pyrrole nitrogens is 1. The molecule has 11 heteroatoms. The zero-order valence-corrected chi connectivity index (χ0v) is 16.1. The molecule has 1 saturated carbocycles. The number of rotatable bonds is 3. The molecule has 132 valence electrons. The highest BCUT2D eigenvalue weighted by atomic mass is 35.5. The molecular weight excluding hydrogens is 431 g/mol. The van der Waals surface area contributed by atoms with Crippen LogP contribution in [0.3, 0.4) is 0 Å². The maximum absolute atomic E-state index is 10.3. The third kappa shape index (κ3) is 5.99. The second-order valence-corrected chi connectivity index (χ2v) is 7.92. The standard InChI is InChI=1S/C6H6Cl6.C6H9N3O2/c7-1-2(8)4(10)6(12)5(11)3(1)9;7-5(6(10)11)1-4-2-8-3-9-4/h1-6H;2-3,5H,1,7H2,(H,8,9)(H,10,11)/t1-,2-,3-,4+,5+,6+;5-/m.0/s1. The van der Waals surface area contributed by atoms with E-state index in [9.17, 15) is 4.79 Å². The summed E-state index contributed by atoms with van der Waals surface area (Å²) in [7, 11) is 0. The predicted molar refractivity (Wildman–Crippen MR) is 95.7 cm³/mol. The van der Waals surface area contributed by atoms with Crippen LogP contribution in [0.1, 0.15) is 5.69 Å². The van der Waals surface area contributed by atoms with Crippen molar-refractivity contribution in [3.8, 4) is 0 Å². The highest BCUT2D eigenvalue weighted by Gasteiger charge is 2.46. The van der Waals surface area contributed by atoms with E-state index in [1.165, 1.54) is 6.33 Å². The molecule has 0 aromatic carbocycles. The minimum Gasteiger partial charge on any atom is -0.480 e. The molecule has 1 aliphatic carbocycles. The fraction of sp³-hybridized carbons (Fsp3) is 0.667. The van der Waals surface area contributed by atoms with E-state index in [4.69, 9.17) is 80.4 Å². The number of aromatic amines is 1. The summed E-state index contributed by atoms with van der Waals surface area (Å²) in [6.45, 7) is 0. The Kier molecular flexibility index (Phi) is 9.09. The van der Waals surface area contributed by atoms with E-state index < -0.39 is 44.3 Å². The summed E-state index contributed by atoms with van der Waals surface area (Å²) in [6.07, 6.45) is 3.34. The molecule has 1 heterocycles. The second kappa shape index (κ2) is 9.76. The zero-order chi connectivity index (χ0) is 17.7. The highest BCUT2D eigenvalue weighted by molar-refractivity contribution is 6.45. The number of hydrogen-bond acceptors (Lipinski definition) is 3. The van der Waals surface area contributed by atoms with Gasteiger partial charge in [-0.15, -0.1) is 69.6 Å². The number of halogens is 6. The molecule has 0 aliphatic heterocycles. The normalized spacial score (nSPS) is 35.1. The van der Waals surface area contributed by atoms with Gasteiger partial charge in [0.15, 0.2) is 0 Å². The van der Waals surface area contributed by atoms with Gasteiger partial charge < -0.3 is 15.8 Å². The molecule has 23 heavy (non-hydrogen) atoms. The van der Waals surface area contributed by atoms with Crippen LogP contribution in [0.4, 0.5) is 0 Å². The Balaban J connectivity index is 0.000000231. The number of imidazole rings is 1. The average molecular weight is 446 g/mol. The van der Waals surface area contributed by atoms with Gasteiger partial charge in [-0.1, -0.05) is 0 Å². The maximum Gasteiger partial charge on any atom is 0.320 e. The first-order valence-corrected chi connectivity index (χ1v) is 9.08. The second-order valence-electron chi connectivity index (χ2n) is 4.89. The van der Waals surface area contributed by atoms with Gasteiger partial charge in [0.1, 0.15) is 6.04 Å². The lowest BCUT2D eigenvalue weighted by molar-refractivity contribution is -0.138. The van der Waals surface area contributed by atoms with Crippen molar-refractivity contribution in [3.05, 3.63) is 18.2 Å². The predicted octanol–water partition coefficient (Wildman–Crippen LogP) is 3.01. The average Bonchev–Trinajstić information content (AvgIpc) is 3.02. The van der Waals surface area contributed by atoms with E-state index in [0.29, 0.717) is 0 Å². The number of carboxylic acid groups (broad SMARTS) is 1. The Morgan fingerprint density at radius 3 is 1.74 bits per heavy atom. The number of carboxylic acids is 1. The van der Waals surface area contributed by atoms with Crippen LogP contribution >= 0.6 is 69.6 Å². The Hall–Kier alpha value is 0.380. The van der Waals surface area contributed by atoms with Crippen LogP contribution in [0.15, 0.2) is 12.5 Å².